The Morgan fingerprint density at radius 2 is 1.55 bits per heavy atom. The first-order valence-electron chi connectivity index (χ1n) is 7.25. The van der Waals surface area contributed by atoms with Gasteiger partial charge in [-0.05, 0) is 30.0 Å². The predicted molar refractivity (Wildman–Crippen MR) is 90.2 cm³/mol. The van der Waals surface area contributed by atoms with Crippen LogP contribution < -0.4 is 5.73 Å². The van der Waals surface area contributed by atoms with Gasteiger partial charge in [-0.15, -0.1) is 0 Å². The molecule has 0 radical (unpaired) electrons. The maximum Gasteiger partial charge on any atom is 0.322 e. The highest BCUT2D eigenvalue weighted by atomic mass is 16.5. The fourth-order valence-electron chi connectivity index (χ4n) is 2.12. The average Bonchev–Trinajstić information content (AvgIpc) is 2.55. The lowest BCUT2D eigenvalue weighted by Gasteiger charge is -2.09. The first kappa shape index (κ1) is 16.0. The van der Waals surface area contributed by atoms with Gasteiger partial charge in [0.15, 0.2) is 0 Å². The zero-order valence-corrected chi connectivity index (χ0v) is 13.0. The van der Waals surface area contributed by atoms with Gasteiger partial charge in [-0.2, -0.15) is 0 Å². The fourth-order valence-corrected chi connectivity index (χ4v) is 2.12. The minimum atomic E-state index is -0.612. The lowest BCUT2D eigenvalue weighted by Crippen LogP contribution is -2.33. The fraction of sp³-hybridized carbons (Fsp3) is 0.211. The third kappa shape index (κ3) is 4.57. The molecule has 0 aliphatic carbocycles. The Labute approximate surface area is 131 Å². The number of benzene rings is 2. The average molecular weight is 295 g/mol. The normalized spacial score (nSPS) is 12.3. The summed E-state index contributed by atoms with van der Waals surface area (Å²) in [5.41, 5.74) is 10.3. The largest absolute Gasteiger partial charge is 0.468 e. The van der Waals surface area contributed by atoms with Crippen LogP contribution in [0.4, 0.5) is 0 Å². The van der Waals surface area contributed by atoms with Gasteiger partial charge in [-0.3, -0.25) is 4.79 Å². The summed E-state index contributed by atoms with van der Waals surface area (Å²) >= 11 is 0. The van der Waals surface area contributed by atoms with E-state index in [1.54, 1.807) is 0 Å². The molecule has 0 aliphatic heterocycles. The number of rotatable bonds is 5. The molecule has 0 amide bonds. The number of ether oxygens (including phenoxy) is 1. The number of hydrogen-bond donors (Lipinski definition) is 1. The molecule has 0 heterocycles. The molecule has 1 atom stereocenters. The lowest BCUT2D eigenvalue weighted by molar-refractivity contribution is -0.142. The second kappa shape index (κ2) is 7.57. The van der Waals surface area contributed by atoms with Crippen LogP contribution in [0.1, 0.15) is 22.3 Å². The highest BCUT2D eigenvalue weighted by molar-refractivity contribution is 5.75. The molecule has 0 saturated heterocycles. The van der Waals surface area contributed by atoms with Crippen LogP contribution >= 0.6 is 0 Å². The summed E-state index contributed by atoms with van der Waals surface area (Å²) in [5.74, 6) is -0.386. The standard InChI is InChI=1S/C19H21NO2/c1-14-3-5-15(6-4-14)7-8-16-9-11-17(12-10-16)13-18(20)19(21)22-2/h3-12,18H,13,20H2,1-2H3/b8-7+/t18-/m0/s1. The maximum atomic E-state index is 11.3. The van der Waals surface area contributed by atoms with Crippen molar-refractivity contribution in [3.63, 3.8) is 0 Å². The quantitative estimate of drug-likeness (QED) is 0.680. The van der Waals surface area contributed by atoms with Crippen molar-refractivity contribution in [1.29, 1.82) is 0 Å². The second-order valence-corrected chi connectivity index (χ2v) is 5.32. The zero-order valence-electron chi connectivity index (χ0n) is 13.0. The van der Waals surface area contributed by atoms with Crippen LogP contribution in [0.3, 0.4) is 0 Å². The van der Waals surface area contributed by atoms with Crippen LogP contribution in [0.25, 0.3) is 12.2 Å². The number of hydrogen-bond acceptors (Lipinski definition) is 3. The molecule has 2 N–H and O–H groups in total. The summed E-state index contributed by atoms with van der Waals surface area (Å²) in [4.78, 5) is 11.3. The van der Waals surface area contributed by atoms with Gasteiger partial charge in [0.2, 0.25) is 0 Å². The molecule has 0 saturated carbocycles. The van der Waals surface area contributed by atoms with Gasteiger partial charge in [0.1, 0.15) is 6.04 Å². The molecule has 114 valence electrons. The number of methoxy groups -OCH3 is 1. The first-order valence-corrected chi connectivity index (χ1v) is 7.25. The van der Waals surface area contributed by atoms with Crippen molar-refractivity contribution in [2.24, 2.45) is 5.73 Å². The summed E-state index contributed by atoms with van der Waals surface area (Å²) in [6, 6.07) is 15.8. The van der Waals surface area contributed by atoms with Gasteiger partial charge in [0, 0.05) is 0 Å². The van der Waals surface area contributed by atoms with Crippen LogP contribution in [0.15, 0.2) is 48.5 Å². The van der Waals surface area contributed by atoms with Crippen molar-refractivity contribution in [3.8, 4) is 0 Å². The summed E-state index contributed by atoms with van der Waals surface area (Å²) in [5, 5.41) is 0. The smallest absolute Gasteiger partial charge is 0.322 e. The Morgan fingerprint density at radius 1 is 1.05 bits per heavy atom. The van der Waals surface area contributed by atoms with Crippen LogP contribution in [-0.4, -0.2) is 19.1 Å². The van der Waals surface area contributed by atoms with Crippen molar-refractivity contribution in [2.45, 2.75) is 19.4 Å². The molecule has 2 rings (SSSR count). The Kier molecular flexibility index (Phi) is 5.50. The topological polar surface area (TPSA) is 52.3 Å². The molecule has 3 nitrogen and oxygen atoms in total. The zero-order chi connectivity index (χ0) is 15.9. The van der Waals surface area contributed by atoms with Crippen LogP contribution in [0.5, 0.6) is 0 Å². The van der Waals surface area contributed by atoms with Crippen molar-refractivity contribution in [3.05, 3.63) is 70.8 Å². The first-order chi connectivity index (χ1) is 10.6. The molecule has 0 bridgehead atoms. The monoisotopic (exact) mass is 295 g/mol. The minimum absolute atomic E-state index is 0.386. The Bertz CT molecular complexity index is 642. The van der Waals surface area contributed by atoms with Crippen LogP contribution in [-0.2, 0) is 16.0 Å². The van der Waals surface area contributed by atoms with E-state index in [1.807, 2.05) is 24.3 Å². The van der Waals surface area contributed by atoms with Gasteiger partial charge in [0.05, 0.1) is 7.11 Å². The predicted octanol–water partition coefficient (Wildman–Crippen LogP) is 3.21. The third-order valence-corrected chi connectivity index (χ3v) is 3.48. The van der Waals surface area contributed by atoms with Crippen LogP contribution in [0.2, 0.25) is 0 Å². The van der Waals surface area contributed by atoms with E-state index < -0.39 is 6.04 Å². The minimum Gasteiger partial charge on any atom is -0.468 e. The molecular weight excluding hydrogens is 274 g/mol. The molecule has 2 aromatic carbocycles. The van der Waals surface area contributed by atoms with E-state index in [0.29, 0.717) is 6.42 Å². The molecule has 3 heteroatoms. The van der Waals surface area contributed by atoms with E-state index in [-0.39, 0.29) is 5.97 Å². The SMILES string of the molecule is COC(=O)[C@@H](N)Cc1ccc(/C=C/c2ccc(C)cc2)cc1. The summed E-state index contributed by atoms with van der Waals surface area (Å²) in [6.07, 6.45) is 4.62. The highest BCUT2D eigenvalue weighted by Crippen LogP contribution is 2.12. The van der Waals surface area contributed by atoms with Gasteiger partial charge in [-0.25, -0.2) is 0 Å². The molecule has 0 fully saturated rings. The van der Waals surface area contributed by atoms with Gasteiger partial charge >= 0.3 is 5.97 Å². The van der Waals surface area contributed by atoms with Gasteiger partial charge in [0.25, 0.3) is 0 Å². The lowest BCUT2D eigenvalue weighted by atomic mass is 10.0. The van der Waals surface area contributed by atoms with E-state index in [1.165, 1.54) is 18.2 Å². The summed E-state index contributed by atoms with van der Waals surface area (Å²) < 4.78 is 4.63. The number of carbonyl (C=O) groups is 1. The van der Waals surface area contributed by atoms with Gasteiger partial charge in [-0.1, -0.05) is 66.2 Å². The number of esters is 1. The Balaban J connectivity index is 1.99. The van der Waals surface area contributed by atoms with E-state index in [9.17, 15) is 4.79 Å². The number of carbonyl (C=O) groups excluding carboxylic acids is 1. The molecule has 0 aliphatic rings. The van der Waals surface area contributed by atoms with E-state index in [0.717, 1.165) is 11.1 Å². The molecular formula is C19H21NO2. The summed E-state index contributed by atoms with van der Waals surface area (Å²) in [7, 11) is 1.35. The molecule has 2 aromatic rings. The number of nitrogens with two attached hydrogens (primary N) is 1. The molecule has 22 heavy (non-hydrogen) atoms. The van der Waals surface area contributed by atoms with Crippen molar-refractivity contribution in [2.75, 3.05) is 7.11 Å². The molecule has 0 unspecified atom stereocenters. The van der Waals surface area contributed by atoms with Crippen molar-refractivity contribution < 1.29 is 9.53 Å². The maximum absolute atomic E-state index is 11.3. The number of aryl methyl sites for hydroxylation is 1. The Morgan fingerprint density at radius 3 is 2.05 bits per heavy atom. The molecule has 0 aromatic heterocycles. The van der Waals surface area contributed by atoms with E-state index in [2.05, 4.69) is 48.1 Å². The molecule has 0 spiro atoms. The second-order valence-electron chi connectivity index (χ2n) is 5.32. The van der Waals surface area contributed by atoms with E-state index in [4.69, 9.17) is 5.73 Å². The van der Waals surface area contributed by atoms with E-state index >= 15 is 0 Å². The van der Waals surface area contributed by atoms with Crippen molar-refractivity contribution in [1.82, 2.24) is 0 Å². The van der Waals surface area contributed by atoms with Crippen molar-refractivity contribution >= 4 is 18.1 Å². The van der Waals surface area contributed by atoms with Gasteiger partial charge < -0.3 is 10.5 Å². The Hall–Kier alpha value is -2.39. The van der Waals surface area contributed by atoms with Crippen LogP contribution in [0, 0.1) is 6.92 Å². The highest BCUT2D eigenvalue weighted by Gasteiger charge is 2.13. The third-order valence-electron chi connectivity index (χ3n) is 3.48. The summed E-state index contributed by atoms with van der Waals surface area (Å²) in [6.45, 7) is 2.07.